The van der Waals surface area contributed by atoms with Gasteiger partial charge >= 0.3 is 0 Å². The summed E-state index contributed by atoms with van der Waals surface area (Å²) in [6.45, 7) is -0.268. The predicted octanol–water partition coefficient (Wildman–Crippen LogP) is 3.52. The number of fused-ring (bicyclic) bond motifs is 1. The maximum absolute atomic E-state index is 13.6. The Balaban J connectivity index is 1.54. The van der Waals surface area contributed by atoms with Crippen LogP contribution in [0.5, 0.6) is 5.75 Å². The molecule has 0 saturated heterocycles. The van der Waals surface area contributed by atoms with Gasteiger partial charge in [0.1, 0.15) is 5.82 Å². The van der Waals surface area contributed by atoms with Crippen molar-refractivity contribution in [2.75, 3.05) is 11.9 Å². The summed E-state index contributed by atoms with van der Waals surface area (Å²) in [6.07, 6.45) is 2.82. The average Bonchev–Trinajstić information content (AvgIpc) is 3.24. The lowest BCUT2D eigenvalue weighted by Crippen LogP contribution is -2.22. The minimum Gasteiger partial charge on any atom is -0.481 e. The molecule has 5 nitrogen and oxygen atoms in total. The minimum atomic E-state index is -0.490. The number of nitrogens with one attached hydrogen (secondary N) is 1. The lowest BCUT2D eigenvalue weighted by Gasteiger charge is -2.12. The largest absolute Gasteiger partial charge is 0.481 e. The first-order valence-electron chi connectivity index (χ1n) is 8.56. The third kappa shape index (κ3) is 3.18. The maximum atomic E-state index is 13.6. The quantitative estimate of drug-likeness (QED) is 0.765. The van der Waals surface area contributed by atoms with Gasteiger partial charge in [-0.05, 0) is 43.5 Å². The molecule has 0 unspecified atom stereocenters. The molecule has 26 heavy (non-hydrogen) atoms. The fourth-order valence-electron chi connectivity index (χ4n) is 3.15. The Morgan fingerprint density at radius 1 is 1.12 bits per heavy atom. The van der Waals surface area contributed by atoms with Crippen molar-refractivity contribution in [2.24, 2.45) is 0 Å². The van der Waals surface area contributed by atoms with Gasteiger partial charge in [-0.1, -0.05) is 30.3 Å². The summed E-state index contributed by atoms with van der Waals surface area (Å²) in [5.74, 6) is -0.106. The van der Waals surface area contributed by atoms with Crippen molar-refractivity contribution in [3.05, 3.63) is 71.7 Å². The molecule has 4 rings (SSSR count). The zero-order chi connectivity index (χ0) is 17.9. The second-order valence-corrected chi connectivity index (χ2v) is 6.14. The van der Waals surface area contributed by atoms with Gasteiger partial charge in [-0.2, -0.15) is 5.10 Å². The number of nitrogens with zero attached hydrogens (tertiary/aromatic N) is 2. The maximum Gasteiger partial charge on any atom is 0.263 e. The molecule has 1 aliphatic carbocycles. The van der Waals surface area contributed by atoms with Crippen molar-refractivity contribution < 1.29 is 13.9 Å². The third-order valence-corrected chi connectivity index (χ3v) is 4.36. The van der Waals surface area contributed by atoms with E-state index in [0.29, 0.717) is 5.82 Å². The van der Waals surface area contributed by atoms with Crippen LogP contribution in [0.4, 0.5) is 10.2 Å². The van der Waals surface area contributed by atoms with E-state index >= 15 is 0 Å². The first kappa shape index (κ1) is 16.3. The van der Waals surface area contributed by atoms with Gasteiger partial charge in [0.15, 0.2) is 18.2 Å². The van der Waals surface area contributed by atoms with Gasteiger partial charge in [0.25, 0.3) is 5.91 Å². The van der Waals surface area contributed by atoms with Crippen LogP contribution in [0.3, 0.4) is 0 Å². The highest BCUT2D eigenvalue weighted by molar-refractivity contribution is 5.92. The van der Waals surface area contributed by atoms with E-state index in [4.69, 9.17) is 4.74 Å². The molecular weight excluding hydrogens is 333 g/mol. The number of hydrogen-bond acceptors (Lipinski definition) is 3. The number of aromatic nitrogens is 2. The summed E-state index contributed by atoms with van der Waals surface area (Å²) in [6, 6.07) is 15.7. The number of rotatable bonds is 5. The average molecular weight is 351 g/mol. The van der Waals surface area contributed by atoms with E-state index < -0.39 is 5.82 Å². The smallest absolute Gasteiger partial charge is 0.263 e. The summed E-state index contributed by atoms with van der Waals surface area (Å²) < 4.78 is 20.7. The molecule has 6 heteroatoms. The van der Waals surface area contributed by atoms with Crippen molar-refractivity contribution >= 4 is 11.7 Å². The number of halogens is 1. The molecule has 1 amide bonds. The first-order valence-corrected chi connectivity index (χ1v) is 8.56. The van der Waals surface area contributed by atoms with Crippen LogP contribution >= 0.6 is 0 Å². The number of ether oxygens (including phenoxy) is 1. The van der Waals surface area contributed by atoms with Crippen molar-refractivity contribution in [3.8, 4) is 11.4 Å². The second-order valence-electron chi connectivity index (χ2n) is 6.14. The number of para-hydroxylation sites is 2. The van der Waals surface area contributed by atoms with Gasteiger partial charge in [0, 0.05) is 5.56 Å². The minimum absolute atomic E-state index is 0.0597. The van der Waals surface area contributed by atoms with E-state index in [1.165, 1.54) is 12.1 Å². The third-order valence-electron chi connectivity index (χ3n) is 4.36. The van der Waals surface area contributed by atoms with Gasteiger partial charge < -0.3 is 10.1 Å². The van der Waals surface area contributed by atoms with Crippen LogP contribution < -0.4 is 10.1 Å². The topological polar surface area (TPSA) is 56.1 Å². The zero-order valence-electron chi connectivity index (χ0n) is 14.1. The molecule has 1 N–H and O–H groups in total. The van der Waals surface area contributed by atoms with E-state index in [1.807, 2.05) is 30.3 Å². The summed E-state index contributed by atoms with van der Waals surface area (Å²) in [5.41, 5.74) is 2.96. The highest BCUT2D eigenvalue weighted by Gasteiger charge is 2.24. The van der Waals surface area contributed by atoms with Crippen LogP contribution in [0.1, 0.15) is 17.7 Å². The molecule has 0 aliphatic heterocycles. The first-order chi connectivity index (χ1) is 12.7. The van der Waals surface area contributed by atoms with Gasteiger partial charge in [-0.15, -0.1) is 0 Å². The number of carbonyl (C=O) groups is 1. The molecule has 0 bridgehead atoms. The number of benzene rings is 2. The second kappa shape index (κ2) is 7.00. The van der Waals surface area contributed by atoms with Gasteiger partial charge in [0.2, 0.25) is 0 Å². The van der Waals surface area contributed by atoms with Crippen LogP contribution in [-0.2, 0) is 17.6 Å². The molecule has 0 fully saturated rings. The van der Waals surface area contributed by atoms with E-state index in [2.05, 4.69) is 10.4 Å². The number of anilines is 1. The molecular formula is C20H18FN3O2. The normalized spacial score (nSPS) is 12.7. The molecule has 132 valence electrons. The molecule has 1 aromatic heterocycles. The highest BCUT2D eigenvalue weighted by atomic mass is 19.1. The van der Waals surface area contributed by atoms with Gasteiger partial charge in [-0.25, -0.2) is 9.07 Å². The van der Waals surface area contributed by atoms with E-state index in [0.717, 1.165) is 36.2 Å². The molecule has 3 aromatic rings. The Bertz CT molecular complexity index is 937. The number of carbonyl (C=O) groups excluding carboxylic acids is 1. The van der Waals surface area contributed by atoms with Crippen LogP contribution in [0.2, 0.25) is 0 Å². The van der Waals surface area contributed by atoms with Crippen molar-refractivity contribution in [2.45, 2.75) is 19.3 Å². The molecule has 2 aromatic carbocycles. The molecule has 1 heterocycles. The Kier molecular flexibility index (Phi) is 4.39. The lowest BCUT2D eigenvalue weighted by molar-refractivity contribution is -0.118. The van der Waals surface area contributed by atoms with Gasteiger partial charge in [-0.3, -0.25) is 4.79 Å². The SMILES string of the molecule is O=C(COc1ccccc1F)Nc1c2c(nn1-c1ccccc1)CCC2. The molecule has 0 spiro atoms. The predicted molar refractivity (Wildman–Crippen MR) is 96.1 cm³/mol. The van der Waals surface area contributed by atoms with Crippen molar-refractivity contribution in [3.63, 3.8) is 0 Å². The van der Waals surface area contributed by atoms with Crippen molar-refractivity contribution in [1.29, 1.82) is 0 Å². The Morgan fingerprint density at radius 2 is 1.88 bits per heavy atom. The van der Waals surface area contributed by atoms with E-state index in [1.54, 1.807) is 16.8 Å². The molecule has 0 atom stereocenters. The fraction of sp³-hybridized carbons (Fsp3) is 0.200. The van der Waals surface area contributed by atoms with Crippen LogP contribution in [0.15, 0.2) is 54.6 Å². The Hall–Kier alpha value is -3.15. The van der Waals surface area contributed by atoms with Crippen LogP contribution in [0.25, 0.3) is 5.69 Å². The number of amides is 1. The standard InChI is InChI=1S/C20H18FN3O2/c21-16-10-4-5-12-18(16)26-13-19(25)22-20-15-9-6-11-17(15)23-24(20)14-7-2-1-3-8-14/h1-5,7-8,10,12H,6,9,11,13H2,(H,22,25). The van der Waals surface area contributed by atoms with Crippen LogP contribution in [0, 0.1) is 5.82 Å². The van der Waals surface area contributed by atoms with Crippen molar-refractivity contribution in [1.82, 2.24) is 9.78 Å². The summed E-state index contributed by atoms with van der Waals surface area (Å²) >= 11 is 0. The number of hydrogen-bond donors (Lipinski definition) is 1. The van der Waals surface area contributed by atoms with Gasteiger partial charge in [0.05, 0.1) is 11.4 Å². The summed E-state index contributed by atoms with van der Waals surface area (Å²) in [7, 11) is 0. The summed E-state index contributed by atoms with van der Waals surface area (Å²) in [4.78, 5) is 12.4. The van der Waals surface area contributed by atoms with E-state index in [-0.39, 0.29) is 18.3 Å². The fourth-order valence-corrected chi connectivity index (χ4v) is 3.15. The van der Waals surface area contributed by atoms with E-state index in [9.17, 15) is 9.18 Å². The molecule has 0 radical (unpaired) electrons. The molecule has 0 saturated carbocycles. The van der Waals surface area contributed by atoms with Crippen LogP contribution in [-0.4, -0.2) is 22.3 Å². The Labute approximate surface area is 150 Å². The lowest BCUT2D eigenvalue weighted by atomic mass is 10.2. The monoisotopic (exact) mass is 351 g/mol. The zero-order valence-corrected chi connectivity index (χ0v) is 14.1. The number of aryl methyl sites for hydroxylation is 1. The highest BCUT2D eigenvalue weighted by Crippen LogP contribution is 2.30. The molecule has 1 aliphatic rings. The summed E-state index contributed by atoms with van der Waals surface area (Å²) in [5, 5.41) is 7.54. The Morgan fingerprint density at radius 3 is 2.69 bits per heavy atom.